The van der Waals surface area contributed by atoms with Crippen molar-refractivity contribution in [2.24, 2.45) is 0 Å². The first kappa shape index (κ1) is 16.1. The maximum atomic E-state index is 12.2. The summed E-state index contributed by atoms with van der Waals surface area (Å²) in [5, 5.41) is 10.8. The maximum Gasteiger partial charge on any atom is 0.409 e. The Morgan fingerprint density at radius 1 is 1.33 bits per heavy atom. The molecule has 120 valence electrons. The van der Waals surface area contributed by atoms with E-state index in [0.29, 0.717) is 24.5 Å². The average Bonchev–Trinajstić information content (AvgIpc) is 2.96. The Kier molecular flexibility index (Phi) is 5.12. The topological polar surface area (TPSA) is 65.3 Å². The van der Waals surface area contributed by atoms with E-state index in [2.05, 4.69) is 15.4 Å². The first-order chi connectivity index (χ1) is 9.91. The maximum absolute atomic E-state index is 12.2. The van der Waals surface area contributed by atoms with Gasteiger partial charge in [-0.1, -0.05) is 0 Å². The van der Waals surface area contributed by atoms with E-state index in [1.54, 1.807) is 14.2 Å². The summed E-state index contributed by atoms with van der Waals surface area (Å²) in [7, 11) is 3.24. The molecule has 0 aromatic carbocycles. The second-order valence-corrected chi connectivity index (χ2v) is 4.98. The number of ether oxygens (including phenoxy) is 2. The fraction of sp³-hybridized carbons (Fsp3) is 0.909. The molecule has 0 spiro atoms. The summed E-state index contributed by atoms with van der Waals surface area (Å²) in [6.07, 6.45) is -3.47. The van der Waals surface area contributed by atoms with Crippen molar-refractivity contribution < 1.29 is 22.6 Å². The molecular weight excluding hydrogens is 291 g/mol. The molecule has 0 aliphatic carbocycles. The Morgan fingerprint density at radius 3 is 2.71 bits per heavy atom. The lowest BCUT2D eigenvalue weighted by Crippen LogP contribution is -2.33. The van der Waals surface area contributed by atoms with Crippen LogP contribution in [0.4, 0.5) is 13.2 Å². The van der Waals surface area contributed by atoms with Crippen LogP contribution in [0.3, 0.4) is 0 Å². The minimum absolute atomic E-state index is 0.0790. The minimum atomic E-state index is -4.36. The normalized spacial score (nSPS) is 23.9. The number of methoxy groups -OCH3 is 2. The highest BCUT2D eigenvalue weighted by molar-refractivity contribution is 4.89. The van der Waals surface area contributed by atoms with Crippen molar-refractivity contribution in [1.82, 2.24) is 25.1 Å². The molecule has 10 heteroatoms. The molecule has 0 radical (unpaired) electrons. The van der Waals surface area contributed by atoms with Gasteiger partial charge in [0.2, 0.25) is 0 Å². The molecule has 1 aliphatic heterocycles. The fourth-order valence-electron chi connectivity index (χ4n) is 2.42. The second-order valence-electron chi connectivity index (χ2n) is 4.98. The van der Waals surface area contributed by atoms with Crippen LogP contribution >= 0.6 is 0 Å². The molecule has 2 rings (SSSR count). The predicted octanol–water partition coefficient (Wildman–Crippen LogP) is 0.471. The van der Waals surface area contributed by atoms with Gasteiger partial charge in [-0.15, -0.1) is 10.2 Å². The molecule has 0 bridgehead atoms. The van der Waals surface area contributed by atoms with E-state index in [1.807, 2.05) is 4.90 Å². The van der Waals surface area contributed by atoms with Crippen molar-refractivity contribution in [2.45, 2.75) is 37.8 Å². The number of hydrogen-bond acceptors (Lipinski definition) is 6. The monoisotopic (exact) mass is 309 g/mol. The van der Waals surface area contributed by atoms with Crippen molar-refractivity contribution >= 4 is 0 Å². The molecule has 1 aromatic heterocycles. The summed E-state index contributed by atoms with van der Waals surface area (Å²) in [5.74, 6) is 0.261. The highest BCUT2D eigenvalue weighted by Gasteiger charge is 2.33. The van der Waals surface area contributed by atoms with Gasteiger partial charge in [-0.2, -0.15) is 18.0 Å². The standard InChI is InChI=1S/C11H18F3N5O2/c1-20-6-8-3-9(21-2)4-18(8)5-10-15-17-19(16-10)7-11(12,13)14/h8-9H,3-7H2,1-2H3/t8-,9-/m0/s1. The molecule has 2 heterocycles. The van der Waals surface area contributed by atoms with Crippen LogP contribution in [-0.2, 0) is 22.6 Å². The van der Waals surface area contributed by atoms with E-state index in [1.165, 1.54) is 0 Å². The summed E-state index contributed by atoms with van der Waals surface area (Å²) < 4.78 is 47.2. The third-order valence-corrected chi connectivity index (χ3v) is 3.34. The van der Waals surface area contributed by atoms with Gasteiger partial charge in [0.15, 0.2) is 12.4 Å². The predicted molar refractivity (Wildman–Crippen MR) is 65.4 cm³/mol. The summed E-state index contributed by atoms with van der Waals surface area (Å²) in [4.78, 5) is 2.59. The largest absolute Gasteiger partial charge is 0.409 e. The molecular formula is C11H18F3N5O2. The van der Waals surface area contributed by atoms with Gasteiger partial charge in [-0.3, -0.25) is 4.90 Å². The summed E-state index contributed by atoms with van der Waals surface area (Å²) >= 11 is 0. The Hall–Kier alpha value is -1.26. The average molecular weight is 309 g/mol. The number of tetrazole rings is 1. The zero-order valence-electron chi connectivity index (χ0n) is 11.9. The first-order valence-electron chi connectivity index (χ1n) is 6.50. The fourth-order valence-corrected chi connectivity index (χ4v) is 2.42. The van der Waals surface area contributed by atoms with Crippen LogP contribution in [0.2, 0.25) is 0 Å². The molecule has 0 saturated carbocycles. The highest BCUT2D eigenvalue weighted by Crippen LogP contribution is 2.22. The van der Waals surface area contributed by atoms with Crippen LogP contribution in [0.1, 0.15) is 12.2 Å². The smallest absolute Gasteiger partial charge is 0.383 e. The van der Waals surface area contributed by atoms with Gasteiger partial charge in [0, 0.05) is 26.8 Å². The number of hydrogen-bond donors (Lipinski definition) is 0. The minimum Gasteiger partial charge on any atom is -0.383 e. The quantitative estimate of drug-likeness (QED) is 0.761. The van der Waals surface area contributed by atoms with Crippen molar-refractivity contribution in [2.75, 3.05) is 27.4 Å². The second kappa shape index (κ2) is 6.67. The highest BCUT2D eigenvalue weighted by atomic mass is 19.4. The van der Waals surface area contributed by atoms with E-state index in [-0.39, 0.29) is 18.0 Å². The number of aromatic nitrogens is 4. The van der Waals surface area contributed by atoms with Crippen LogP contribution < -0.4 is 0 Å². The van der Waals surface area contributed by atoms with Crippen LogP contribution in [-0.4, -0.2) is 70.8 Å². The molecule has 7 nitrogen and oxygen atoms in total. The molecule has 1 fully saturated rings. The van der Waals surface area contributed by atoms with Crippen molar-refractivity contribution in [3.05, 3.63) is 5.82 Å². The summed E-state index contributed by atoms with van der Waals surface area (Å²) in [5.41, 5.74) is 0. The summed E-state index contributed by atoms with van der Waals surface area (Å²) in [6.45, 7) is 0.281. The van der Waals surface area contributed by atoms with Gasteiger partial charge < -0.3 is 9.47 Å². The van der Waals surface area contributed by atoms with Crippen molar-refractivity contribution in [3.63, 3.8) is 0 Å². The van der Waals surface area contributed by atoms with Crippen LogP contribution in [0, 0.1) is 0 Å². The molecule has 0 N–H and O–H groups in total. The van der Waals surface area contributed by atoms with E-state index in [4.69, 9.17) is 9.47 Å². The van der Waals surface area contributed by atoms with Gasteiger partial charge >= 0.3 is 6.18 Å². The van der Waals surface area contributed by atoms with Gasteiger partial charge in [-0.25, -0.2) is 0 Å². The molecule has 21 heavy (non-hydrogen) atoms. The van der Waals surface area contributed by atoms with Crippen molar-refractivity contribution in [1.29, 1.82) is 0 Å². The number of halogens is 3. The number of nitrogens with zero attached hydrogens (tertiary/aromatic N) is 5. The van der Waals surface area contributed by atoms with Crippen molar-refractivity contribution in [3.8, 4) is 0 Å². The van der Waals surface area contributed by atoms with E-state index < -0.39 is 12.7 Å². The Bertz CT molecular complexity index is 453. The molecule has 0 unspecified atom stereocenters. The third-order valence-electron chi connectivity index (χ3n) is 3.34. The van der Waals surface area contributed by atoms with Gasteiger partial charge in [-0.05, 0) is 11.6 Å². The Morgan fingerprint density at radius 2 is 2.10 bits per heavy atom. The Labute approximate surface area is 120 Å². The van der Waals surface area contributed by atoms with Gasteiger partial charge in [0.05, 0.1) is 19.3 Å². The van der Waals surface area contributed by atoms with Crippen LogP contribution in [0.5, 0.6) is 0 Å². The third kappa shape index (κ3) is 4.61. The molecule has 0 amide bonds. The van der Waals surface area contributed by atoms with E-state index in [0.717, 1.165) is 6.42 Å². The molecule has 1 saturated heterocycles. The molecule has 1 aromatic rings. The zero-order valence-corrected chi connectivity index (χ0v) is 11.9. The SMILES string of the molecule is COC[C@@H]1C[C@H](OC)CN1Cc1nnn(CC(F)(F)F)n1. The van der Waals surface area contributed by atoms with Crippen LogP contribution in [0.15, 0.2) is 0 Å². The zero-order chi connectivity index (χ0) is 15.5. The number of alkyl halides is 3. The van der Waals surface area contributed by atoms with Gasteiger partial charge in [0.1, 0.15) is 0 Å². The van der Waals surface area contributed by atoms with Gasteiger partial charge in [0.25, 0.3) is 0 Å². The van der Waals surface area contributed by atoms with Crippen LogP contribution in [0.25, 0.3) is 0 Å². The first-order valence-corrected chi connectivity index (χ1v) is 6.50. The number of rotatable bonds is 6. The lowest BCUT2D eigenvalue weighted by Gasteiger charge is -2.21. The lowest BCUT2D eigenvalue weighted by molar-refractivity contribution is -0.145. The van der Waals surface area contributed by atoms with E-state index >= 15 is 0 Å². The Balaban J connectivity index is 1.96. The number of likely N-dealkylation sites (tertiary alicyclic amines) is 1. The summed E-state index contributed by atoms with van der Waals surface area (Å²) in [6, 6.07) is 0.134. The molecule has 2 atom stereocenters. The lowest BCUT2D eigenvalue weighted by atomic mass is 10.2. The molecule has 1 aliphatic rings. The van der Waals surface area contributed by atoms with E-state index in [9.17, 15) is 13.2 Å².